The molecule has 17 heteroatoms. The summed E-state index contributed by atoms with van der Waals surface area (Å²) in [5.41, 5.74) is 1.87. The van der Waals surface area contributed by atoms with E-state index in [0.717, 1.165) is 90.2 Å². The topological polar surface area (TPSA) is 176 Å². The van der Waals surface area contributed by atoms with Crippen molar-refractivity contribution in [2.24, 2.45) is 0 Å². The van der Waals surface area contributed by atoms with Gasteiger partial charge in [-0.2, -0.15) is 0 Å². The molecule has 0 atom stereocenters. The molecule has 7 heterocycles. The van der Waals surface area contributed by atoms with Crippen molar-refractivity contribution in [3.63, 3.8) is 0 Å². The van der Waals surface area contributed by atoms with Gasteiger partial charge in [0.25, 0.3) is 23.6 Å². The number of carbonyl (C=O) groups excluding carboxylic acids is 6. The fourth-order valence-electron chi connectivity index (χ4n) is 10.5. The third-order valence-electron chi connectivity index (χ3n) is 14.2. The van der Waals surface area contributed by atoms with Crippen LogP contribution in [-0.4, -0.2) is 52.4 Å². The van der Waals surface area contributed by atoms with Crippen LogP contribution in [-0.2, 0) is 34.6 Å². The maximum atomic E-state index is 12.9. The number of rotatable bonds is 10. The van der Waals surface area contributed by atoms with Crippen LogP contribution in [0.4, 0.5) is 4.39 Å². The maximum absolute atomic E-state index is 12.9. The first-order chi connectivity index (χ1) is 35.9. The van der Waals surface area contributed by atoms with Crippen LogP contribution in [0.15, 0.2) is 139 Å². The van der Waals surface area contributed by atoms with Crippen molar-refractivity contribution in [3.05, 3.63) is 206 Å². The molecule has 6 amide bonds. The standard InChI is InChI=1S/C32H26N2O6.C16H18Br2O2.C8H5NO2.CH3F.K/c35-28-22-8-2-3-9-23(22)29(36)33(28)18-20-12-14-26(39-20)32(16-6-1-7-17-32)27-15-13-21(40-27)19-34-30(37)24-10-4-5-11-25(24)31(34)38;17-10-12-4-6-14(19-12)16(8-2-1-3-9-16)15-7-5-13(11-18)20-15;10-7-5-3-1-2-4-6(5)8(11)9-7;1-2;/h2-5,8-15H,1,6-7,16-19H2;4-7H,1-3,8-11H2;1-4H,(H,9,10,11);1H3;/q;;;;+1/p-1/i;;;1D;. The Labute approximate surface area is 488 Å². The Bertz CT molecular complexity index is 2960. The summed E-state index contributed by atoms with van der Waals surface area (Å²) in [6, 6.07) is 36.1. The molecule has 12 rings (SSSR count). The average molecular weight is 1160 g/mol. The fraction of sp³-hybridized carbons (Fsp3) is 0.298. The zero-order chi connectivity index (χ0) is 52.0. The summed E-state index contributed by atoms with van der Waals surface area (Å²) in [5.74, 6) is 4.42. The minimum absolute atomic E-state index is 0. The Morgan fingerprint density at radius 1 is 0.459 bits per heavy atom. The number of hydrogen-bond donors (Lipinski definition) is 0. The first-order valence-electron chi connectivity index (χ1n) is 24.8. The van der Waals surface area contributed by atoms with Crippen LogP contribution in [0.5, 0.6) is 0 Å². The molecule has 0 saturated heterocycles. The molecule has 3 aliphatic heterocycles. The van der Waals surface area contributed by atoms with Gasteiger partial charge in [0.15, 0.2) is 0 Å². The number of nitrogens with zero attached hydrogens (tertiary/aromatic N) is 3. The van der Waals surface area contributed by atoms with Gasteiger partial charge in [-0.05, 0) is 98.5 Å². The van der Waals surface area contributed by atoms with E-state index in [4.69, 9.17) is 19.0 Å². The summed E-state index contributed by atoms with van der Waals surface area (Å²) in [6.07, 6.45) is 10.7. The summed E-state index contributed by atoms with van der Waals surface area (Å²) in [4.78, 5) is 75.7. The first kappa shape index (κ1) is 53.5. The number of furan rings is 4. The molecule has 2 aliphatic carbocycles. The molecule has 74 heavy (non-hydrogen) atoms. The van der Waals surface area contributed by atoms with Gasteiger partial charge in [0, 0.05) is 11.1 Å². The zero-order valence-corrected chi connectivity index (χ0v) is 47.0. The Balaban J connectivity index is 0.000000176. The van der Waals surface area contributed by atoms with E-state index in [0.29, 0.717) is 44.9 Å². The van der Waals surface area contributed by atoms with E-state index < -0.39 is 24.4 Å². The third-order valence-corrected chi connectivity index (χ3v) is 15.3. The van der Waals surface area contributed by atoms with E-state index >= 15 is 0 Å². The van der Waals surface area contributed by atoms with Crippen molar-refractivity contribution in [1.82, 2.24) is 9.80 Å². The molecular weight excluding hydrogens is 1100 g/mol. The number of hydrogen-bond acceptors (Lipinski definition) is 10. The van der Waals surface area contributed by atoms with E-state index in [1.54, 1.807) is 72.8 Å². The number of fused-ring (bicyclic) bond motifs is 3. The van der Waals surface area contributed by atoms with Gasteiger partial charge in [-0.15, -0.1) is 0 Å². The van der Waals surface area contributed by atoms with E-state index in [2.05, 4.69) is 61.4 Å². The summed E-state index contributed by atoms with van der Waals surface area (Å²) in [6.45, 7) is 0.0944. The second-order valence-corrected chi connectivity index (χ2v) is 19.5. The fourth-order valence-corrected chi connectivity index (χ4v) is 11.1. The number of alkyl halides is 3. The monoisotopic (exact) mass is 1150 g/mol. The molecule has 4 aromatic heterocycles. The predicted molar refractivity (Wildman–Crippen MR) is 275 cm³/mol. The largest absolute Gasteiger partial charge is 1.00 e. The number of halogens is 3. The quantitative estimate of drug-likeness (QED) is 0.0728. The van der Waals surface area contributed by atoms with Gasteiger partial charge in [-0.1, -0.05) is 119 Å². The van der Waals surface area contributed by atoms with Gasteiger partial charge < -0.3 is 32.6 Å². The molecule has 7 aromatic rings. The molecule has 376 valence electrons. The minimum atomic E-state index is -1.00. The van der Waals surface area contributed by atoms with Crippen molar-refractivity contribution in [2.45, 2.75) is 98.8 Å². The molecule has 0 bridgehead atoms. The van der Waals surface area contributed by atoms with Gasteiger partial charge >= 0.3 is 51.4 Å². The Hall–Kier alpha value is -5.27. The Morgan fingerprint density at radius 3 is 1.01 bits per heavy atom. The first-order valence-corrected chi connectivity index (χ1v) is 26.3. The summed E-state index contributed by atoms with van der Waals surface area (Å²) >= 11 is 6.92. The molecule has 13 nitrogen and oxygen atoms in total. The molecule has 5 aliphatic rings. The van der Waals surface area contributed by atoms with Gasteiger partial charge in [0.2, 0.25) is 0 Å². The number of benzene rings is 3. The molecule has 0 radical (unpaired) electrons. The molecule has 0 N–H and O–H groups in total. The van der Waals surface area contributed by atoms with E-state index in [1.807, 2.05) is 24.3 Å². The smallest absolute Gasteiger partial charge is 0.587 e. The van der Waals surface area contributed by atoms with Crippen LogP contribution in [0.25, 0.3) is 5.32 Å². The second kappa shape index (κ2) is 24.2. The molecule has 3 aromatic carbocycles. The van der Waals surface area contributed by atoms with Crippen molar-refractivity contribution >= 4 is 67.3 Å². The second-order valence-electron chi connectivity index (χ2n) is 18.4. The minimum Gasteiger partial charge on any atom is -0.587 e. The van der Waals surface area contributed by atoms with Crippen molar-refractivity contribution < 1.29 is 104 Å². The number of amides is 6. The van der Waals surface area contributed by atoms with Crippen LogP contribution in [0.3, 0.4) is 0 Å². The molecule has 2 saturated carbocycles. The Kier molecular flexibility index (Phi) is 17.5. The van der Waals surface area contributed by atoms with Crippen molar-refractivity contribution in [2.75, 3.05) is 7.15 Å². The Morgan fingerprint density at radius 2 is 0.730 bits per heavy atom. The maximum Gasteiger partial charge on any atom is 1.00 e. The van der Waals surface area contributed by atoms with Gasteiger partial charge in [-0.25, -0.2) is 0 Å². The van der Waals surface area contributed by atoms with Gasteiger partial charge in [0.1, 0.15) is 46.1 Å². The normalized spacial score (nSPS) is 17.1. The van der Waals surface area contributed by atoms with E-state index in [9.17, 15) is 33.2 Å². The number of imide groups is 3. The van der Waals surface area contributed by atoms with Crippen LogP contribution < -0.4 is 51.4 Å². The average Bonchev–Trinajstić information content (AvgIpc) is 4.34. The van der Waals surface area contributed by atoms with Gasteiger partial charge in [-0.3, -0.25) is 33.4 Å². The van der Waals surface area contributed by atoms with Crippen LogP contribution in [0.2, 0.25) is 0 Å². The molecule has 0 unspecified atom stereocenters. The van der Waals surface area contributed by atoms with Gasteiger partial charge in [0.05, 0.1) is 77.2 Å². The van der Waals surface area contributed by atoms with E-state index in [1.165, 1.54) is 29.1 Å². The predicted octanol–water partition coefficient (Wildman–Crippen LogP) is 10.6. The van der Waals surface area contributed by atoms with Crippen LogP contribution >= 0.6 is 31.9 Å². The molecule has 0 spiro atoms. The van der Waals surface area contributed by atoms with Crippen LogP contribution in [0.1, 0.15) is 174 Å². The van der Waals surface area contributed by atoms with Crippen LogP contribution in [0, 0.1) is 0 Å². The van der Waals surface area contributed by atoms with Crippen molar-refractivity contribution in [3.8, 4) is 0 Å². The molecular formula is C57H51Br2FKN3O10. The third kappa shape index (κ3) is 10.8. The summed E-state index contributed by atoms with van der Waals surface area (Å²) < 4.78 is 40.3. The zero-order valence-electron chi connectivity index (χ0n) is 41.7. The SMILES string of the molecule is BrCc1ccc(C2(c3ccc(CBr)o3)CCCCC2)o1.O=C1[N-]C(=O)c2ccccc21.O=C1c2ccccc2C(=O)N1Cc1ccc(C2(c3ccc(CN4C(=O)c5ccccc5C4=O)o3)CCCCC2)o1.[2H]CF.[K+]. The summed E-state index contributed by atoms with van der Waals surface area (Å²) in [5, 5.41) is 4.79. The van der Waals surface area contributed by atoms with Crippen molar-refractivity contribution in [1.29, 1.82) is 0 Å². The summed E-state index contributed by atoms with van der Waals surface area (Å²) in [7, 11) is -1.00. The van der Waals surface area contributed by atoms with E-state index in [-0.39, 0.29) is 93.5 Å². The molecule has 2 fully saturated rings. The number of carbonyl (C=O) groups is 6.